The third kappa shape index (κ3) is 19800. The molecule has 0 saturated heterocycles. The highest BCUT2D eigenvalue weighted by molar-refractivity contribution is 4.50. The van der Waals surface area contributed by atoms with Gasteiger partial charge in [0, 0.05) is 6.92 Å². The van der Waals surface area contributed by atoms with Crippen molar-refractivity contribution < 1.29 is 13.2 Å². The van der Waals surface area contributed by atoms with Crippen LogP contribution < -0.4 is 0 Å². The van der Waals surface area contributed by atoms with Crippen molar-refractivity contribution in [3.05, 3.63) is 0 Å². The highest BCUT2D eigenvalue weighted by atomic mass is 19.4. The van der Waals surface area contributed by atoms with Gasteiger partial charge in [-0.25, -0.2) is 0 Å². The van der Waals surface area contributed by atoms with Crippen molar-refractivity contribution >= 4 is 0 Å². The van der Waals surface area contributed by atoms with E-state index >= 15 is 0 Å². The Balaban J connectivity index is -0.00000000683. The van der Waals surface area contributed by atoms with Crippen LogP contribution in [0.15, 0.2) is 0 Å². The average molecular weight is 403 g/mol. The van der Waals surface area contributed by atoms with Gasteiger partial charge in [-0.3, -0.25) is 0 Å². The number of alkyl halides is 3. The number of halogens is 3. The van der Waals surface area contributed by atoms with Gasteiger partial charge in [-0.2, -0.15) is 13.2 Å². The molecule has 0 radical (unpaired) electrons. The maximum atomic E-state index is 10.4. The van der Waals surface area contributed by atoms with E-state index < -0.39 is 6.18 Å². The van der Waals surface area contributed by atoms with Gasteiger partial charge in [0.05, 0.1) is 0 Å². The summed E-state index contributed by atoms with van der Waals surface area (Å²) in [6.45, 7) is 16.7. The summed E-state index contributed by atoms with van der Waals surface area (Å²) in [5.74, 6) is 0. The molecular formula is C23H69F3. The molecule has 1 fully saturated rings. The van der Waals surface area contributed by atoms with Crippen LogP contribution in [0.2, 0.25) is 0 Å². The highest BCUT2D eigenvalue weighted by Crippen LogP contribution is 2.14. The molecule has 0 aromatic carbocycles. The summed E-state index contributed by atoms with van der Waals surface area (Å²) >= 11 is 0. The van der Waals surface area contributed by atoms with E-state index in [0.717, 1.165) is 0 Å². The summed E-state index contributed by atoms with van der Waals surface area (Å²) in [4.78, 5) is 0. The van der Waals surface area contributed by atoms with Crippen LogP contribution in [-0.2, 0) is 0 Å². The summed E-state index contributed by atoms with van der Waals surface area (Å²) in [6, 6.07) is 0. The SMILES string of the molecule is C.C.C.C.C.C.C.C.C1CC1.CC.CC.CC(F)(F)F.CCC.CCC. The zero-order valence-electron chi connectivity index (χ0n) is 14.2. The second-order valence-electron chi connectivity index (χ2n) is 3.26. The van der Waals surface area contributed by atoms with Gasteiger partial charge in [0.1, 0.15) is 0 Å². The van der Waals surface area contributed by atoms with Crippen LogP contribution in [0.5, 0.6) is 0 Å². The van der Waals surface area contributed by atoms with E-state index in [9.17, 15) is 13.2 Å². The largest absolute Gasteiger partial charge is 0.386 e. The van der Waals surface area contributed by atoms with Crippen LogP contribution in [0.4, 0.5) is 13.2 Å². The van der Waals surface area contributed by atoms with Crippen molar-refractivity contribution in [1.82, 2.24) is 0 Å². The summed E-state index contributed by atoms with van der Waals surface area (Å²) in [5.41, 5.74) is 0. The standard InChI is InChI=1S/C3H6.2C3H8.C2H3F3.2C2H6.8CH4/c1-2-3-1;2*1-3-2;1-2(3,4)5;2*1-2;;;;;;;;/h1-3H2;2*3H2,1-2H3;1H3;2*1-2H3;8*1H4. The normalized spacial score (nSPS) is 6.92. The molecule has 26 heavy (non-hydrogen) atoms. The Labute approximate surface area is 173 Å². The maximum Gasteiger partial charge on any atom is 0.386 e. The van der Waals surface area contributed by atoms with Crippen molar-refractivity contribution in [3.8, 4) is 0 Å². The molecule has 1 aliphatic rings. The van der Waals surface area contributed by atoms with E-state index in [1.165, 1.54) is 32.1 Å². The second-order valence-corrected chi connectivity index (χ2v) is 3.26. The van der Waals surface area contributed by atoms with Crippen LogP contribution in [0.3, 0.4) is 0 Å². The van der Waals surface area contributed by atoms with Crippen LogP contribution in [0, 0.1) is 0 Å². The van der Waals surface area contributed by atoms with Crippen molar-refractivity contribution in [2.24, 2.45) is 0 Å². The molecule has 0 spiro atoms. The van der Waals surface area contributed by atoms with Crippen LogP contribution in [0.1, 0.15) is 154 Å². The zero-order chi connectivity index (χ0) is 16.0. The lowest BCUT2D eigenvalue weighted by Crippen LogP contribution is -1.95. The Hall–Kier alpha value is -0.210. The first-order valence-corrected chi connectivity index (χ1v) is 7.40. The first-order chi connectivity index (χ1) is 8.33. The van der Waals surface area contributed by atoms with Gasteiger partial charge in [-0.1, -0.05) is 147 Å². The molecule has 0 atom stereocenters. The fraction of sp³-hybridized carbons (Fsp3) is 1.00. The Morgan fingerprint density at radius 1 is 0.500 bits per heavy atom. The Morgan fingerprint density at radius 3 is 0.538 bits per heavy atom. The van der Waals surface area contributed by atoms with Crippen LogP contribution in [-0.4, -0.2) is 6.18 Å². The van der Waals surface area contributed by atoms with E-state index in [0.29, 0.717) is 0 Å². The summed E-state index contributed by atoms with van der Waals surface area (Å²) in [5, 5.41) is 0. The molecule has 0 aromatic rings. The van der Waals surface area contributed by atoms with Gasteiger partial charge in [0.25, 0.3) is 0 Å². The number of hydrogen-bond acceptors (Lipinski definition) is 0. The quantitative estimate of drug-likeness (QED) is 0.378. The molecule has 1 rings (SSSR count). The molecule has 1 aliphatic carbocycles. The molecule has 0 unspecified atom stereocenters. The Morgan fingerprint density at radius 2 is 0.538 bits per heavy atom. The van der Waals surface area contributed by atoms with Crippen LogP contribution >= 0.6 is 0 Å². The van der Waals surface area contributed by atoms with Crippen molar-refractivity contribution in [3.63, 3.8) is 0 Å². The van der Waals surface area contributed by atoms with E-state index in [1.807, 2.05) is 27.7 Å². The molecule has 0 amide bonds. The van der Waals surface area contributed by atoms with Gasteiger partial charge >= 0.3 is 6.18 Å². The number of rotatable bonds is 0. The minimum Gasteiger partial charge on any atom is -0.172 e. The summed E-state index contributed by atoms with van der Waals surface area (Å²) in [7, 11) is 0. The van der Waals surface area contributed by atoms with E-state index in [2.05, 4.69) is 27.7 Å². The van der Waals surface area contributed by atoms with E-state index in [4.69, 9.17) is 0 Å². The third-order valence-electron chi connectivity index (χ3n) is 0.354. The van der Waals surface area contributed by atoms with Crippen molar-refractivity contribution in [2.45, 2.75) is 160 Å². The lowest BCUT2D eigenvalue weighted by molar-refractivity contribution is -0.110. The molecule has 0 aromatic heterocycles. The highest BCUT2D eigenvalue weighted by Gasteiger charge is 2.15. The minimum atomic E-state index is -4.00. The van der Waals surface area contributed by atoms with E-state index in [-0.39, 0.29) is 66.3 Å². The minimum absolute atomic E-state index is 0. The first-order valence-electron chi connectivity index (χ1n) is 7.40. The smallest absolute Gasteiger partial charge is 0.172 e. The molecule has 0 N–H and O–H groups in total. The van der Waals surface area contributed by atoms with Gasteiger partial charge < -0.3 is 0 Å². The zero-order valence-corrected chi connectivity index (χ0v) is 14.2. The lowest BCUT2D eigenvalue weighted by atomic mass is 10.6. The molecule has 0 bridgehead atoms. The summed E-state index contributed by atoms with van der Waals surface area (Å²) in [6.07, 6.45) is 3.00. The van der Waals surface area contributed by atoms with Gasteiger partial charge in [0.2, 0.25) is 0 Å². The first kappa shape index (κ1) is 96.9. The fourth-order valence-electron chi connectivity index (χ4n) is 0. The van der Waals surface area contributed by atoms with Crippen LogP contribution in [0.25, 0.3) is 0 Å². The lowest BCUT2D eigenvalue weighted by Gasteiger charge is -1.88. The topological polar surface area (TPSA) is 0 Å². The maximum absolute atomic E-state index is 10.4. The monoisotopic (exact) mass is 403 g/mol. The number of hydrogen-bond donors (Lipinski definition) is 0. The van der Waals surface area contributed by atoms with Crippen molar-refractivity contribution in [2.75, 3.05) is 0 Å². The second kappa shape index (κ2) is 121. The molecule has 0 nitrogen and oxygen atoms in total. The van der Waals surface area contributed by atoms with Gasteiger partial charge in [0.15, 0.2) is 0 Å². The fourth-order valence-corrected chi connectivity index (χ4v) is 0. The van der Waals surface area contributed by atoms with E-state index in [1.54, 1.807) is 0 Å². The predicted molar refractivity (Wildman–Crippen MR) is 134 cm³/mol. The van der Waals surface area contributed by atoms with Crippen molar-refractivity contribution in [1.29, 1.82) is 0 Å². The molecule has 182 valence electrons. The molecule has 0 heterocycles. The Kier molecular flexibility index (Phi) is 449. The Bertz CT molecular complexity index is 67.3. The molecule has 1 saturated carbocycles. The summed E-state index contributed by atoms with van der Waals surface area (Å²) < 4.78 is 31.1. The molecule has 3 heteroatoms. The molecule has 0 aliphatic heterocycles. The van der Waals surface area contributed by atoms with Gasteiger partial charge in [-0.05, 0) is 0 Å². The predicted octanol–water partition coefficient (Wildman–Crippen LogP) is 12.7. The van der Waals surface area contributed by atoms with Gasteiger partial charge in [-0.15, -0.1) is 0 Å². The third-order valence-corrected chi connectivity index (χ3v) is 0.354. The molecular weight excluding hydrogens is 333 g/mol. The average Bonchev–Trinajstić information content (AvgIpc) is 3.10.